The van der Waals surface area contributed by atoms with Gasteiger partial charge in [-0.15, -0.1) is 10.2 Å². The van der Waals surface area contributed by atoms with Gasteiger partial charge in [0, 0.05) is 28.7 Å². The van der Waals surface area contributed by atoms with Crippen LogP contribution in [0.25, 0.3) is 17.1 Å². The quantitative estimate of drug-likeness (QED) is 0.341. The Labute approximate surface area is 200 Å². The van der Waals surface area contributed by atoms with Crippen LogP contribution in [-0.2, 0) is 4.79 Å². The number of aryl methyl sites for hydroxylation is 2. The molecule has 2 aromatic carbocycles. The number of benzene rings is 2. The van der Waals surface area contributed by atoms with Crippen LogP contribution in [0.4, 0.5) is 5.69 Å². The van der Waals surface area contributed by atoms with E-state index in [0.29, 0.717) is 26.7 Å². The average molecular weight is 484 g/mol. The van der Waals surface area contributed by atoms with Crippen molar-refractivity contribution in [1.29, 1.82) is 0 Å². The normalized spacial score (nSPS) is 10.9. The first-order valence-corrected chi connectivity index (χ1v) is 11.5. The second kappa shape index (κ2) is 9.73. The minimum Gasteiger partial charge on any atom is -0.324 e. The summed E-state index contributed by atoms with van der Waals surface area (Å²) in [4.78, 5) is 16.7. The Morgan fingerprint density at radius 3 is 2.44 bits per heavy atom. The summed E-state index contributed by atoms with van der Waals surface area (Å²) in [6, 6.07) is 14.9. The molecule has 2 heterocycles. The van der Waals surface area contributed by atoms with E-state index >= 15 is 0 Å². The molecule has 0 unspecified atom stereocenters. The van der Waals surface area contributed by atoms with Gasteiger partial charge in [0.05, 0.1) is 16.5 Å². The van der Waals surface area contributed by atoms with Gasteiger partial charge in [-0.3, -0.25) is 14.3 Å². The highest BCUT2D eigenvalue weighted by atomic mass is 35.5. The van der Waals surface area contributed by atoms with Gasteiger partial charge in [0.2, 0.25) is 5.91 Å². The molecule has 0 atom stereocenters. The molecule has 0 aliphatic rings. The van der Waals surface area contributed by atoms with Crippen LogP contribution in [0.1, 0.15) is 11.1 Å². The molecule has 4 aromatic rings. The molecule has 1 N–H and O–H groups in total. The molecule has 9 heteroatoms. The summed E-state index contributed by atoms with van der Waals surface area (Å²) in [7, 11) is 0. The molecule has 0 aliphatic heterocycles. The van der Waals surface area contributed by atoms with E-state index in [0.717, 1.165) is 22.4 Å². The second-order valence-corrected chi connectivity index (χ2v) is 8.92. The maximum absolute atomic E-state index is 12.7. The number of thioether (sulfide) groups is 1. The Balaban J connectivity index is 1.59. The molecule has 0 bridgehead atoms. The van der Waals surface area contributed by atoms with E-state index in [9.17, 15) is 4.79 Å². The molecule has 0 spiro atoms. The third kappa shape index (κ3) is 4.96. The van der Waals surface area contributed by atoms with Gasteiger partial charge in [0.25, 0.3) is 0 Å². The Hall–Kier alpha value is -2.87. The molecular weight excluding hydrogens is 465 g/mol. The van der Waals surface area contributed by atoms with Gasteiger partial charge < -0.3 is 5.32 Å². The highest BCUT2D eigenvalue weighted by Gasteiger charge is 2.18. The topological polar surface area (TPSA) is 72.7 Å². The van der Waals surface area contributed by atoms with E-state index in [1.54, 1.807) is 24.5 Å². The lowest BCUT2D eigenvalue weighted by Crippen LogP contribution is -2.16. The van der Waals surface area contributed by atoms with Crippen LogP contribution in [0.5, 0.6) is 0 Å². The summed E-state index contributed by atoms with van der Waals surface area (Å²) < 4.78 is 1.90. The van der Waals surface area contributed by atoms with E-state index in [2.05, 4.69) is 20.5 Å². The van der Waals surface area contributed by atoms with Gasteiger partial charge in [-0.25, -0.2) is 0 Å². The predicted octanol–water partition coefficient (Wildman–Crippen LogP) is 5.98. The fourth-order valence-corrected chi connectivity index (χ4v) is 4.50. The Morgan fingerprint density at radius 2 is 1.75 bits per heavy atom. The van der Waals surface area contributed by atoms with Gasteiger partial charge in [0.1, 0.15) is 0 Å². The van der Waals surface area contributed by atoms with Crippen LogP contribution in [0, 0.1) is 13.8 Å². The number of amides is 1. The zero-order chi connectivity index (χ0) is 22.7. The summed E-state index contributed by atoms with van der Waals surface area (Å²) in [6.07, 6.45) is 3.40. The fourth-order valence-electron chi connectivity index (χ4n) is 3.25. The molecule has 162 valence electrons. The molecule has 1 amide bonds. The van der Waals surface area contributed by atoms with E-state index in [-0.39, 0.29) is 11.7 Å². The van der Waals surface area contributed by atoms with Crippen LogP contribution >= 0.6 is 35.0 Å². The number of nitrogens with one attached hydrogen (secondary N) is 1. The highest BCUT2D eigenvalue weighted by molar-refractivity contribution is 7.99. The summed E-state index contributed by atoms with van der Waals surface area (Å²) >= 11 is 13.7. The average Bonchev–Trinajstić information content (AvgIpc) is 3.20. The highest BCUT2D eigenvalue weighted by Crippen LogP contribution is 2.30. The number of carbonyl (C=O) groups excluding carboxylic acids is 1. The summed E-state index contributed by atoms with van der Waals surface area (Å²) in [5.41, 5.74) is 4.28. The number of carbonyl (C=O) groups is 1. The van der Waals surface area contributed by atoms with Gasteiger partial charge in [-0.05, 0) is 67.4 Å². The van der Waals surface area contributed by atoms with Crippen molar-refractivity contribution in [2.75, 3.05) is 11.1 Å². The van der Waals surface area contributed by atoms with Crippen molar-refractivity contribution in [3.8, 4) is 17.1 Å². The number of anilines is 1. The van der Waals surface area contributed by atoms with Crippen molar-refractivity contribution in [3.63, 3.8) is 0 Å². The Kier molecular flexibility index (Phi) is 6.79. The monoisotopic (exact) mass is 483 g/mol. The number of hydrogen-bond acceptors (Lipinski definition) is 5. The lowest BCUT2D eigenvalue weighted by molar-refractivity contribution is -0.113. The lowest BCUT2D eigenvalue weighted by atomic mass is 10.1. The van der Waals surface area contributed by atoms with E-state index in [4.69, 9.17) is 23.2 Å². The van der Waals surface area contributed by atoms with Gasteiger partial charge in [-0.2, -0.15) is 0 Å². The minimum absolute atomic E-state index is 0.145. The number of hydrogen-bond donors (Lipinski definition) is 1. The second-order valence-electron chi connectivity index (χ2n) is 7.13. The van der Waals surface area contributed by atoms with Crippen LogP contribution in [0.3, 0.4) is 0 Å². The number of pyridine rings is 1. The van der Waals surface area contributed by atoms with Crippen molar-refractivity contribution in [3.05, 3.63) is 82.1 Å². The number of nitrogens with zero attached hydrogens (tertiary/aromatic N) is 4. The third-order valence-corrected chi connectivity index (χ3v) is 6.16. The lowest BCUT2D eigenvalue weighted by Gasteiger charge is -2.12. The molecule has 4 rings (SSSR count). The molecule has 0 fully saturated rings. The first-order chi connectivity index (χ1) is 15.4. The van der Waals surface area contributed by atoms with Gasteiger partial charge in [0.15, 0.2) is 11.0 Å². The standard InChI is InChI=1S/C23H19Cl2N5OS/c1-14-11-15(2)21(19(25)12-14)27-20(31)13-32-23-29-28-22(16-7-9-26-10-8-16)30(23)18-5-3-17(24)4-6-18/h3-12H,13H2,1-2H3,(H,27,31). The summed E-state index contributed by atoms with van der Waals surface area (Å²) in [5, 5.41) is 13.3. The molecule has 32 heavy (non-hydrogen) atoms. The first-order valence-electron chi connectivity index (χ1n) is 9.73. The summed E-state index contributed by atoms with van der Waals surface area (Å²) in [5.74, 6) is 0.612. The van der Waals surface area contributed by atoms with E-state index < -0.39 is 0 Å². The molecule has 0 radical (unpaired) electrons. The van der Waals surface area contributed by atoms with Crippen molar-refractivity contribution in [2.24, 2.45) is 0 Å². The smallest absolute Gasteiger partial charge is 0.234 e. The zero-order valence-electron chi connectivity index (χ0n) is 17.3. The largest absolute Gasteiger partial charge is 0.324 e. The van der Waals surface area contributed by atoms with Crippen LogP contribution in [-0.4, -0.2) is 31.4 Å². The predicted molar refractivity (Wildman–Crippen MR) is 130 cm³/mol. The number of aromatic nitrogens is 4. The SMILES string of the molecule is Cc1cc(C)c(NC(=O)CSc2nnc(-c3ccncc3)n2-c2ccc(Cl)cc2)c(Cl)c1. The number of halogens is 2. The van der Waals surface area contributed by atoms with Crippen molar-refractivity contribution < 1.29 is 4.79 Å². The van der Waals surface area contributed by atoms with Crippen molar-refractivity contribution in [2.45, 2.75) is 19.0 Å². The molecule has 0 aliphatic carbocycles. The molecular formula is C23H19Cl2N5OS. The first kappa shape index (κ1) is 22.3. The molecule has 0 saturated heterocycles. The minimum atomic E-state index is -0.181. The third-order valence-electron chi connectivity index (χ3n) is 4.69. The maximum atomic E-state index is 12.7. The maximum Gasteiger partial charge on any atom is 0.234 e. The van der Waals surface area contributed by atoms with Crippen molar-refractivity contribution >= 4 is 46.6 Å². The molecule has 0 saturated carbocycles. The van der Waals surface area contributed by atoms with E-state index in [1.165, 1.54) is 11.8 Å². The van der Waals surface area contributed by atoms with Crippen LogP contribution in [0.2, 0.25) is 10.0 Å². The molecule has 2 aromatic heterocycles. The van der Waals surface area contributed by atoms with Crippen LogP contribution in [0.15, 0.2) is 66.1 Å². The zero-order valence-corrected chi connectivity index (χ0v) is 19.7. The van der Waals surface area contributed by atoms with Crippen molar-refractivity contribution in [1.82, 2.24) is 19.7 Å². The number of rotatable bonds is 6. The van der Waals surface area contributed by atoms with Crippen LogP contribution < -0.4 is 5.32 Å². The van der Waals surface area contributed by atoms with E-state index in [1.807, 2.05) is 54.8 Å². The fraction of sp³-hybridized carbons (Fsp3) is 0.130. The van der Waals surface area contributed by atoms with Gasteiger partial charge in [-0.1, -0.05) is 41.0 Å². The Bertz CT molecular complexity index is 1240. The molecule has 6 nitrogen and oxygen atoms in total. The Morgan fingerprint density at radius 1 is 1.03 bits per heavy atom. The van der Waals surface area contributed by atoms with Gasteiger partial charge >= 0.3 is 0 Å². The summed E-state index contributed by atoms with van der Waals surface area (Å²) in [6.45, 7) is 3.88.